The molecule has 0 saturated carbocycles. The fraction of sp³-hybridized carbons (Fsp3) is 1.00. The largest absolute Gasteiger partial charge is 0.229 e. The Labute approximate surface area is 119 Å². The van der Waals surface area contributed by atoms with Crippen molar-refractivity contribution in [3.05, 3.63) is 0 Å². The van der Waals surface area contributed by atoms with Crippen molar-refractivity contribution in [3.63, 3.8) is 0 Å². The highest BCUT2D eigenvalue weighted by molar-refractivity contribution is 9.09. The summed E-state index contributed by atoms with van der Waals surface area (Å²) in [6, 6.07) is 0. The van der Waals surface area contributed by atoms with Gasteiger partial charge in [-0.1, -0.05) is 48.0 Å². The minimum absolute atomic E-state index is 0.324. The molecule has 0 rings (SSSR count). The molecule has 0 spiro atoms. The lowest BCUT2D eigenvalue weighted by Gasteiger charge is -2.02. The predicted octanol–water partition coefficient (Wildman–Crippen LogP) is 3.89. The van der Waals surface area contributed by atoms with Gasteiger partial charge in [-0.25, -0.2) is 8.42 Å². The van der Waals surface area contributed by atoms with E-state index in [4.69, 9.17) is 0 Å². The van der Waals surface area contributed by atoms with E-state index in [2.05, 4.69) is 15.9 Å². The second kappa shape index (κ2) is 11.8. The minimum atomic E-state index is -2.76. The first-order valence-electron chi connectivity index (χ1n) is 6.37. The first-order valence-corrected chi connectivity index (χ1v) is 10.7. The van der Waals surface area contributed by atoms with Crippen molar-refractivity contribution in [2.24, 2.45) is 0 Å². The van der Waals surface area contributed by atoms with Crippen LogP contribution in [0.4, 0.5) is 0 Å². The molecule has 17 heavy (non-hydrogen) atoms. The van der Waals surface area contributed by atoms with Crippen LogP contribution in [0, 0.1) is 0 Å². The summed E-state index contributed by atoms with van der Waals surface area (Å²) in [5.74, 6) is 2.19. The molecule has 0 N–H and O–H groups in total. The van der Waals surface area contributed by atoms with Gasteiger partial charge in [-0.05, 0) is 18.6 Å². The highest BCUT2D eigenvalue weighted by Gasteiger charge is 2.00. The number of hydrogen-bond acceptors (Lipinski definition) is 3. The molecule has 0 aliphatic heterocycles. The van der Waals surface area contributed by atoms with Crippen molar-refractivity contribution in [2.75, 3.05) is 28.8 Å². The number of sulfone groups is 1. The lowest BCUT2D eigenvalue weighted by atomic mass is 10.1. The molecule has 104 valence electrons. The van der Waals surface area contributed by atoms with Crippen LogP contribution in [0.1, 0.15) is 44.9 Å². The van der Waals surface area contributed by atoms with Gasteiger partial charge in [-0.2, -0.15) is 11.8 Å². The zero-order chi connectivity index (χ0) is 13.0. The van der Waals surface area contributed by atoms with Gasteiger partial charge in [-0.15, -0.1) is 0 Å². The van der Waals surface area contributed by atoms with E-state index >= 15 is 0 Å². The van der Waals surface area contributed by atoms with E-state index in [1.54, 1.807) is 11.8 Å². The molecule has 0 saturated heterocycles. The molecule has 0 aliphatic carbocycles. The minimum Gasteiger partial charge on any atom is -0.229 e. The lowest BCUT2D eigenvalue weighted by Crippen LogP contribution is -2.05. The van der Waals surface area contributed by atoms with Crippen molar-refractivity contribution < 1.29 is 8.42 Å². The normalized spacial score (nSPS) is 11.9. The van der Waals surface area contributed by atoms with E-state index < -0.39 is 9.84 Å². The van der Waals surface area contributed by atoms with Crippen LogP contribution in [-0.2, 0) is 9.84 Å². The summed E-state index contributed by atoms with van der Waals surface area (Å²) in [6.07, 6.45) is 10.5. The Balaban J connectivity index is 3.04. The Morgan fingerprint density at radius 2 is 1.41 bits per heavy atom. The Morgan fingerprint density at radius 3 is 1.94 bits per heavy atom. The summed E-state index contributed by atoms with van der Waals surface area (Å²) < 4.78 is 21.7. The fourth-order valence-corrected chi connectivity index (χ4v) is 4.19. The highest BCUT2D eigenvalue weighted by atomic mass is 79.9. The van der Waals surface area contributed by atoms with Crippen molar-refractivity contribution >= 4 is 37.5 Å². The van der Waals surface area contributed by atoms with Gasteiger partial charge in [-0.3, -0.25) is 0 Å². The Kier molecular flexibility index (Phi) is 12.4. The van der Waals surface area contributed by atoms with Crippen LogP contribution in [0.2, 0.25) is 0 Å². The Bertz CT molecular complexity index is 253. The van der Waals surface area contributed by atoms with Crippen LogP contribution >= 0.6 is 27.7 Å². The molecular weight excluding hydrogens is 320 g/mol. The second-order valence-electron chi connectivity index (χ2n) is 4.41. The maximum atomic E-state index is 10.9. The van der Waals surface area contributed by atoms with E-state index in [9.17, 15) is 8.42 Å². The first kappa shape index (κ1) is 17.8. The number of hydrogen-bond donors (Lipinski definition) is 0. The van der Waals surface area contributed by atoms with Gasteiger partial charge in [0.2, 0.25) is 0 Å². The monoisotopic (exact) mass is 344 g/mol. The standard InChI is InChI=1S/C12H25BrO2S2/c1-17(14,15)12-11-16-10-8-6-4-2-3-5-7-9-13/h2-12H2,1H3. The van der Waals surface area contributed by atoms with Crippen molar-refractivity contribution in [2.45, 2.75) is 44.9 Å². The van der Waals surface area contributed by atoms with E-state index in [1.165, 1.54) is 51.2 Å². The smallest absolute Gasteiger partial charge is 0.148 e. The maximum absolute atomic E-state index is 10.9. The lowest BCUT2D eigenvalue weighted by molar-refractivity contribution is 0.603. The summed E-state index contributed by atoms with van der Waals surface area (Å²) in [6.45, 7) is 0. The molecule has 0 radical (unpaired) electrons. The first-order chi connectivity index (χ1) is 8.06. The summed E-state index contributed by atoms with van der Waals surface area (Å²) in [5, 5.41) is 1.13. The Morgan fingerprint density at radius 1 is 0.882 bits per heavy atom. The van der Waals surface area contributed by atoms with E-state index in [-0.39, 0.29) is 0 Å². The van der Waals surface area contributed by atoms with Gasteiger partial charge < -0.3 is 0 Å². The molecular formula is C12H25BrO2S2. The van der Waals surface area contributed by atoms with Gasteiger partial charge in [0, 0.05) is 17.3 Å². The zero-order valence-electron chi connectivity index (χ0n) is 10.8. The molecule has 0 aliphatic rings. The van der Waals surface area contributed by atoms with Crippen LogP contribution in [0.15, 0.2) is 0 Å². The third kappa shape index (κ3) is 16.8. The topological polar surface area (TPSA) is 34.1 Å². The van der Waals surface area contributed by atoms with Crippen LogP contribution in [0.25, 0.3) is 0 Å². The van der Waals surface area contributed by atoms with Crippen molar-refractivity contribution in [3.8, 4) is 0 Å². The number of halogens is 1. The molecule has 0 unspecified atom stereocenters. The van der Waals surface area contributed by atoms with Crippen LogP contribution in [-0.4, -0.2) is 37.3 Å². The average Bonchev–Trinajstić information content (AvgIpc) is 2.24. The van der Waals surface area contributed by atoms with E-state index in [1.807, 2.05) is 0 Å². The molecule has 2 nitrogen and oxygen atoms in total. The van der Waals surface area contributed by atoms with Gasteiger partial charge in [0.05, 0.1) is 5.75 Å². The van der Waals surface area contributed by atoms with E-state index in [0.717, 1.165) is 16.8 Å². The molecule has 0 heterocycles. The summed E-state index contributed by atoms with van der Waals surface area (Å²) in [5.41, 5.74) is 0. The number of alkyl halides is 1. The van der Waals surface area contributed by atoms with Crippen molar-refractivity contribution in [1.82, 2.24) is 0 Å². The molecule has 0 aromatic carbocycles. The molecule has 5 heteroatoms. The van der Waals surface area contributed by atoms with Gasteiger partial charge >= 0.3 is 0 Å². The van der Waals surface area contributed by atoms with Gasteiger partial charge in [0.25, 0.3) is 0 Å². The molecule has 0 bridgehead atoms. The van der Waals surface area contributed by atoms with Crippen LogP contribution in [0.3, 0.4) is 0 Å². The van der Waals surface area contributed by atoms with Gasteiger partial charge in [0.1, 0.15) is 9.84 Å². The molecule has 0 aromatic rings. The van der Waals surface area contributed by atoms with Gasteiger partial charge in [0.15, 0.2) is 0 Å². The quantitative estimate of drug-likeness (QED) is 0.397. The summed E-state index contributed by atoms with van der Waals surface area (Å²) >= 11 is 5.20. The van der Waals surface area contributed by atoms with Crippen molar-refractivity contribution in [1.29, 1.82) is 0 Å². The second-order valence-corrected chi connectivity index (χ2v) is 8.68. The number of unbranched alkanes of at least 4 members (excludes halogenated alkanes) is 6. The average molecular weight is 345 g/mol. The summed E-state index contributed by atoms with van der Waals surface area (Å²) in [7, 11) is -2.76. The summed E-state index contributed by atoms with van der Waals surface area (Å²) in [4.78, 5) is 0. The van der Waals surface area contributed by atoms with Crippen LogP contribution < -0.4 is 0 Å². The highest BCUT2D eigenvalue weighted by Crippen LogP contribution is 2.11. The van der Waals surface area contributed by atoms with E-state index in [0.29, 0.717) is 5.75 Å². The molecule has 0 amide bonds. The molecule has 0 atom stereocenters. The SMILES string of the molecule is CS(=O)(=O)CCSCCCCCCCCCBr. The number of thioether (sulfide) groups is 1. The zero-order valence-corrected chi connectivity index (χ0v) is 14.0. The predicted molar refractivity (Wildman–Crippen MR) is 83.1 cm³/mol. The fourth-order valence-electron chi connectivity index (χ4n) is 1.49. The third-order valence-electron chi connectivity index (χ3n) is 2.52. The van der Waals surface area contributed by atoms with Crippen LogP contribution in [0.5, 0.6) is 0 Å². The number of rotatable bonds is 12. The third-order valence-corrected chi connectivity index (χ3v) is 5.36. The Hall–Kier alpha value is 0.780. The maximum Gasteiger partial charge on any atom is 0.148 e. The molecule has 0 fully saturated rings. The molecule has 0 aromatic heterocycles.